The highest BCUT2D eigenvalue weighted by atomic mass is 19.2. The van der Waals surface area contributed by atoms with Gasteiger partial charge in [-0.3, -0.25) is 0 Å². The molecule has 0 aliphatic heterocycles. The average molecular weight is 241 g/mol. The van der Waals surface area contributed by atoms with Crippen molar-refractivity contribution in [3.8, 4) is 0 Å². The van der Waals surface area contributed by atoms with E-state index in [0.717, 1.165) is 25.5 Å². The van der Waals surface area contributed by atoms with Crippen LogP contribution in [0.2, 0.25) is 0 Å². The number of nitrogens with one attached hydrogen (secondary N) is 1. The molecule has 0 radical (unpaired) electrons. The lowest BCUT2D eigenvalue weighted by molar-refractivity contribution is 0.390. The highest BCUT2D eigenvalue weighted by Crippen LogP contribution is 2.26. The van der Waals surface area contributed by atoms with Gasteiger partial charge in [0.05, 0.1) is 0 Å². The van der Waals surface area contributed by atoms with Crippen LogP contribution >= 0.6 is 0 Å². The molecule has 1 rings (SSSR count). The van der Waals surface area contributed by atoms with Crippen molar-refractivity contribution in [1.82, 2.24) is 5.32 Å². The summed E-state index contributed by atoms with van der Waals surface area (Å²) in [7, 11) is 0. The summed E-state index contributed by atoms with van der Waals surface area (Å²) in [6.45, 7) is 6.95. The second-order valence-electron chi connectivity index (χ2n) is 4.50. The fourth-order valence-corrected chi connectivity index (χ4v) is 1.93. The lowest BCUT2D eigenvalue weighted by Gasteiger charge is -2.22. The van der Waals surface area contributed by atoms with Gasteiger partial charge in [0, 0.05) is 11.6 Å². The van der Waals surface area contributed by atoms with Crippen LogP contribution in [0.1, 0.15) is 45.2 Å². The van der Waals surface area contributed by atoms with Crippen LogP contribution in [0.25, 0.3) is 0 Å². The molecule has 2 unspecified atom stereocenters. The molecule has 3 heteroatoms. The summed E-state index contributed by atoms with van der Waals surface area (Å²) >= 11 is 0. The van der Waals surface area contributed by atoms with E-state index in [1.54, 1.807) is 12.1 Å². The van der Waals surface area contributed by atoms with Crippen LogP contribution < -0.4 is 5.32 Å². The van der Waals surface area contributed by atoms with E-state index in [-0.39, 0.29) is 6.04 Å². The molecule has 0 aromatic heterocycles. The molecule has 0 fully saturated rings. The zero-order valence-electron chi connectivity index (χ0n) is 10.8. The topological polar surface area (TPSA) is 12.0 Å². The number of hydrogen-bond donors (Lipinski definition) is 1. The summed E-state index contributed by atoms with van der Waals surface area (Å²) < 4.78 is 26.9. The molecule has 0 bridgehead atoms. The smallest absolute Gasteiger partial charge is 0.163 e. The molecule has 0 aliphatic carbocycles. The molecule has 1 N–H and O–H groups in total. The van der Waals surface area contributed by atoms with Crippen molar-refractivity contribution in [2.75, 3.05) is 6.54 Å². The summed E-state index contributed by atoms with van der Waals surface area (Å²) in [6.07, 6.45) is 1.86. The van der Waals surface area contributed by atoms with E-state index < -0.39 is 11.6 Å². The fourth-order valence-electron chi connectivity index (χ4n) is 1.93. The first-order chi connectivity index (χ1) is 8.10. The Morgan fingerprint density at radius 1 is 1.24 bits per heavy atom. The van der Waals surface area contributed by atoms with E-state index in [9.17, 15) is 8.78 Å². The first-order valence-electron chi connectivity index (χ1n) is 6.27. The fraction of sp³-hybridized carbons (Fsp3) is 0.571. The average Bonchev–Trinajstić information content (AvgIpc) is 2.32. The van der Waals surface area contributed by atoms with Gasteiger partial charge in [0.2, 0.25) is 0 Å². The van der Waals surface area contributed by atoms with Crippen LogP contribution in [-0.4, -0.2) is 6.54 Å². The Morgan fingerprint density at radius 2 is 1.94 bits per heavy atom. The number of rotatable bonds is 6. The Labute approximate surface area is 102 Å². The second kappa shape index (κ2) is 6.70. The Kier molecular flexibility index (Phi) is 5.56. The molecule has 17 heavy (non-hydrogen) atoms. The summed E-state index contributed by atoms with van der Waals surface area (Å²) in [5, 5.41) is 3.23. The van der Waals surface area contributed by atoms with Crippen molar-refractivity contribution in [3.05, 3.63) is 35.4 Å². The largest absolute Gasteiger partial charge is 0.310 e. The van der Waals surface area contributed by atoms with E-state index in [2.05, 4.69) is 19.2 Å². The monoisotopic (exact) mass is 241 g/mol. The number of halogens is 2. The minimum atomic E-state index is -0.769. The Bertz CT molecular complexity index is 352. The van der Waals surface area contributed by atoms with Crippen LogP contribution in [0.4, 0.5) is 8.78 Å². The molecule has 2 atom stereocenters. The maximum atomic E-state index is 13.7. The maximum Gasteiger partial charge on any atom is 0.163 e. The molecule has 1 aromatic rings. The summed E-state index contributed by atoms with van der Waals surface area (Å²) in [5.74, 6) is -1.00. The first-order valence-corrected chi connectivity index (χ1v) is 6.27. The standard InChI is InChI=1S/C14H21F2N/c1-4-10(3)9-13(17-5-2)11-7-6-8-12(15)14(11)16/h6-8,10,13,17H,4-5,9H2,1-3H3. The summed E-state index contributed by atoms with van der Waals surface area (Å²) in [6, 6.07) is 4.28. The van der Waals surface area contributed by atoms with Gasteiger partial charge in [-0.15, -0.1) is 0 Å². The van der Waals surface area contributed by atoms with Gasteiger partial charge in [0.1, 0.15) is 0 Å². The van der Waals surface area contributed by atoms with Crippen LogP contribution in [0.3, 0.4) is 0 Å². The van der Waals surface area contributed by atoms with E-state index in [1.807, 2.05) is 6.92 Å². The van der Waals surface area contributed by atoms with Gasteiger partial charge >= 0.3 is 0 Å². The molecule has 0 heterocycles. The highest BCUT2D eigenvalue weighted by molar-refractivity contribution is 5.22. The first kappa shape index (κ1) is 14.1. The molecule has 0 saturated carbocycles. The predicted molar refractivity (Wildman–Crippen MR) is 66.8 cm³/mol. The molecule has 1 aromatic carbocycles. The Balaban J connectivity index is 2.92. The second-order valence-corrected chi connectivity index (χ2v) is 4.50. The van der Waals surface area contributed by atoms with Crippen molar-refractivity contribution in [3.63, 3.8) is 0 Å². The zero-order chi connectivity index (χ0) is 12.8. The van der Waals surface area contributed by atoms with Gasteiger partial charge < -0.3 is 5.32 Å². The number of hydrogen-bond acceptors (Lipinski definition) is 1. The SMILES string of the molecule is CCNC(CC(C)CC)c1cccc(F)c1F. The van der Waals surface area contributed by atoms with Crippen LogP contribution in [-0.2, 0) is 0 Å². The molecule has 0 spiro atoms. The van der Waals surface area contributed by atoms with Gasteiger partial charge in [-0.25, -0.2) is 8.78 Å². The third kappa shape index (κ3) is 3.77. The third-order valence-corrected chi connectivity index (χ3v) is 3.14. The van der Waals surface area contributed by atoms with Crippen molar-refractivity contribution < 1.29 is 8.78 Å². The molecular weight excluding hydrogens is 220 g/mol. The zero-order valence-corrected chi connectivity index (χ0v) is 10.8. The Hall–Kier alpha value is -0.960. The minimum Gasteiger partial charge on any atom is -0.310 e. The van der Waals surface area contributed by atoms with E-state index in [1.165, 1.54) is 0 Å². The number of benzene rings is 1. The van der Waals surface area contributed by atoms with E-state index in [4.69, 9.17) is 0 Å². The predicted octanol–water partition coefficient (Wildman–Crippen LogP) is 4.05. The molecule has 0 aliphatic rings. The molecule has 1 nitrogen and oxygen atoms in total. The van der Waals surface area contributed by atoms with Gasteiger partial charge in [-0.2, -0.15) is 0 Å². The van der Waals surface area contributed by atoms with Crippen molar-refractivity contribution >= 4 is 0 Å². The minimum absolute atomic E-state index is 0.106. The Morgan fingerprint density at radius 3 is 2.53 bits per heavy atom. The van der Waals surface area contributed by atoms with Gasteiger partial charge in [-0.05, 0) is 24.9 Å². The molecule has 0 saturated heterocycles. The van der Waals surface area contributed by atoms with Crippen molar-refractivity contribution in [2.24, 2.45) is 5.92 Å². The lowest BCUT2D eigenvalue weighted by Crippen LogP contribution is -2.24. The van der Waals surface area contributed by atoms with Crippen LogP contribution in [0, 0.1) is 17.6 Å². The van der Waals surface area contributed by atoms with Gasteiger partial charge in [0.15, 0.2) is 11.6 Å². The normalized spacial score (nSPS) is 14.6. The van der Waals surface area contributed by atoms with Gasteiger partial charge in [0.25, 0.3) is 0 Å². The molecule has 0 amide bonds. The van der Waals surface area contributed by atoms with E-state index in [0.29, 0.717) is 11.5 Å². The van der Waals surface area contributed by atoms with E-state index >= 15 is 0 Å². The summed E-state index contributed by atoms with van der Waals surface area (Å²) in [5.41, 5.74) is 0.437. The van der Waals surface area contributed by atoms with Gasteiger partial charge in [-0.1, -0.05) is 39.3 Å². The summed E-state index contributed by atoms with van der Waals surface area (Å²) in [4.78, 5) is 0. The lowest BCUT2D eigenvalue weighted by atomic mass is 9.94. The van der Waals surface area contributed by atoms with Crippen LogP contribution in [0.5, 0.6) is 0 Å². The molecular formula is C14H21F2N. The highest BCUT2D eigenvalue weighted by Gasteiger charge is 2.19. The quantitative estimate of drug-likeness (QED) is 0.792. The maximum absolute atomic E-state index is 13.7. The van der Waals surface area contributed by atoms with Crippen molar-refractivity contribution in [2.45, 2.75) is 39.7 Å². The molecule has 96 valence electrons. The van der Waals surface area contributed by atoms with Crippen LogP contribution in [0.15, 0.2) is 18.2 Å². The third-order valence-electron chi connectivity index (χ3n) is 3.14. The van der Waals surface area contributed by atoms with Crippen molar-refractivity contribution in [1.29, 1.82) is 0 Å².